The third-order valence-electron chi connectivity index (χ3n) is 15.8. The van der Waals surface area contributed by atoms with E-state index in [0.29, 0.717) is 5.56 Å². The normalized spacial score (nSPS) is 22.2. The second-order valence-corrected chi connectivity index (χ2v) is 24.1. The van der Waals surface area contributed by atoms with Crippen LogP contribution in [0.3, 0.4) is 0 Å². The number of para-hydroxylation sites is 2. The molecule has 41 nitrogen and oxygen atoms in total. The molecule has 1 aromatic heterocycles. The van der Waals surface area contributed by atoms with Gasteiger partial charge in [0.25, 0.3) is 0 Å². The molecule has 566 valence electrons. The van der Waals surface area contributed by atoms with E-state index in [0.717, 1.165) is 38.6 Å². The van der Waals surface area contributed by atoms with Crippen molar-refractivity contribution in [1.29, 1.82) is 0 Å². The Bertz CT molecular complexity index is 3750. The molecule has 1 fully saturated rings. The van der Waals surface area contributed by atoms with Crippen LogP contribution in [0.5, 0.6) is 0 Å². The number of fused-ring (bicyclic) bond motifs is 1. The molecule has 4 rings (SSSR count). The summed E-state index contributed by atoms with van der Waals surface area (Å²) in [4.78, 5) is 260. The number of anilines is 1. The number of nitrogen functional groups attached to an aromatic ring is 1. The SMILES string of the molecule is CNC(Cc1c[nH]c2ccccc12)C(=O)NC(CC(N)=O)C(=O)NC(CC(=O)O)C(=O)NC1C(=O)NCC(=O)NC(CCCN)C(=O)NC(CC(=O)O)C(=O)NC(C)C(=O)NC(CC(=O)O)C(=O)NCC(=O)NC(C)C(=O)NC(C(C)CC(=O)O)C(=O)NC(CC(=O)c2ccccc2N)C(=O)OC1C. The van der Waals surface area contributed by atoms with Crippen LogP contribution in [-0.4, -0.2) is 237 Å². The number of Topliss-reactive ketones (excluding diaryl/α,β-unsaturated/α-hetero) is 1. The number of carbonyl (C=O) groups is 19. The van der Waals surface area contributed by atoms with E-state index in [1.54, 1.807) is 30.5 Å². The minimum Gasteiger partial charge on any atom is -0.481 e. The van der Waals surface area contributed by atoms with Crippen molar-refractivity contribution in [1.82, 2.24) is 74.1 Å². The number of primary amides is 1. The molecule has 0 aliphatic carbocycles. The summed E-state index contributed by atoms with van der Waals surface area (Å²) in [6.07, 6.45) is -7.57. The van der Waals surface area contributed by atoms with Crippen molar-refractivity contribution in [3.05, 3.63) is 65.9 Å². The maximum Gasteiger partial charge on any atom is 0.329 e. The lowest BCUT2D eigenvalue weighted by atomic mass is 9.96. The molecule has 1 aliphatic heterocycles. The smallest absolute Gasteiger partial charge is 0.329 e. The molecule has 1 saturated heterocycles. The molecule has 24 N–H and O–H groups in total. The number of rotatable bonds is 26. The molecular weight excluding hydrogens is 1380 g/mol. The molecule has 2 heterocycles. The summed E-state index contributed by atoms with van der Waals surface area (Å²) in [5, 5.41) is 68.6. The zero-order valence-electron chi connectivity index (χ0n) is 56.9. The molecule has 2 aromatic carbocycles. The Labute approximate surface area is 591 Å². The van der Waals surface area contributed by atoms with Gasteiger partial charge in [-0.25, -0.2) is 4.79 Å². The maximum absolute atomic E-state index is 14.7. The highest BCUT2D eigenvalue weighted by Crippen LogP contribution is 2.21. The molecule has 104 heavy (non-hydrogen) atoms. The largest absolute Gasteiger partial charge is 0.481 e. The van der Waals surface area contributed by atoms with Crippen LogP contribution in [0.15, 0.2) is 54.7 Å². The summed E-state index contributed by atoms with van der Waals surface area (Å²) in [6.45, 7) is 1.68. The average molecular weight is 1460 g/mol. The maximum atomic E-state index is 14.7. The summed E-state index contributed by atoms with van der Waals surface area (Å²) in [6, 6.07) is -8.92. The lowest BCUT2D eigenvalue weighted by Crippen LogP contribution is -2.61. The highest BCUT2D eigenvalue weighted by molar-refractivity contribution is 6.05. The van der Waals surface area contributed by atoms with Crippen LogP contribution in [0, 0.1) is 5.92 Å². The number of cyclic esters (lactones) is 1. The van der Waals surface area contributed by atoms with Crippen molar-refractivity contribution >= 4 is 129 Å². The number of amides is 13. The van der Waals surface area contributed by atoms with E-state index < -0.39 is 243 Å². The molecule has 13 unspecified atom stereocenters. The summed E-state index contributed by atoms with van der Waals surface area (Å²) < 4.78 is 5.66. The second kappa shape index (κ2) is 40.3. The third-order valence-corrected chi connectivity index (χ3v) is 15.8. The Balaban J connectivity index is 1.85. The minimum atomic E-state index is -2.39. The van der Waals surface area contributed by atoms with Crippen molar-refractivity contribution in [2.45, 2.75) is 158 Å². The number of hydrogen-bond acceptors (Lipinski definition) is 23. The molecule has 13 amide bonds. The Kier molecular flexibility index (Phi) is 32.7. The van der Waals surface area contributed by atoms with Crippen molar-refractivity contribution < 1.29 is 116 Å². The number of carboxylic acids is 4. The number of ether oxygens (including phenoxy) is 1. The Morgan fingerprint density at radius 2 is 1.10 bits per heavy atom. The Morgan fingerprint density at radius 1 is 0.567 bits per heavy atom. The van der Waals surface area contributed by atoms with Gasteiger partial charge in [-0.05, 0) is 83.3 Å². The van der Waals surface area contributed by atoms with Crippen molar-refractivity contribution in [2.75, 3.05) is 32.4 Å². The summed E-state index contributed by atoms with van der Waals surface area (Å²) in [7, 11) is 1.41. The monoisotopic (exact) mass is 1460 g/mol. The number of aromatic amines is 1. The van der Waals surface area contributed by atoms with E-state index in [2.05, 4.69) is 68.8 Å². The van der Waals surface area contributed by atoms with Gasteiger partial charge in [-0.2, -0.15) is 0 Å². The topological polar surface area (TPSA) is 665 Å². The summed E-state index contributed by atoms with van der Waals surface area (Å²) in [5.41, 5.74) is 18.2. The first-order valence-corrected chi connectivity index (χ1v) is 32.2. The Morgan fingerprint density at radius 3 is 1.69 bits per heavy atom. The number of nitrogens with one attached hydrogen (secondary N) is 14. The molecule has 0 saturated carbocycles. The van der Waals surface area contributed by atoms with E-state index >= 15 is 0 Å². The molecule has 0 radical (unpaired) electrons. The van der Waals surface area contributed by atoms with E-state index in [-0.39, 0.29) is 37.1 Å². The molecule has 0 bridgehead atoms. The van der Waals surface area contributed by atoms with Gasteiger partial charge in [0.1, 0.15) is 66.5 Å². The molecule has 1 aliphatic rings. The van der Waals surface area contributed by atoms with Crippen LogP contribution in [0.4, 0.5) is 5.69 Å². The number of likely N-dealkylation sites (N-methyl/N-ethyl adjacent to an activating group) is 1. The quantitative estimate of drug-likeness (QED) is 0.0202. The molecular formula is C63H85N17O24. The van der Waals surface area contributed by atoms with Crippen LogP contribution in [0.25, 0.3) is 10.9 Å². The van der Waals surface area contributed by atoms with Gasteiger partial charge in [0.15, 0.2) is 5.78 Å². The number of benzene rings is 2. The van der Waals surface area contributed by atoms with Crippen LogP contribution in [0.1, 0.15) is 95.0 Å². The lowest BCUT2D eigenvalue weighted by Gasteiger charge is -2.30. The fourth-order valence-corrected chi connectivity index (χ4v) is 10.3. The lowest BCUT2D eigenvalue weighted by molar-refractivity contribution is -0.156. The molecule has 41 heteroatoms. The van der Waals surface area contributed by atoms with Crippen LogP contribution in [0.2, 0.25) is 0 Å². The average Bonchev–Trinajstić information content (AvgIpc) is 1.52. The number of esters is 1. The van der Waals surface area contributed by atoms with Crippen LogP contribution < -0.4 is 86.3 Å². The van der Waals surface area contributed by atoms with Gasteiger partial charge >= 0.3 is 29.8 Å². The van der Waals surface area contributed by atoms with E-state index in [4.69, 9.17) is 21.9 Å². The van der Waals surface area contributed by atoms with Gasteiger partial charge in [-0.1, -0.05) is 37.3 Å². The van der Waals surface area contributed by atoms with Gasteiger partial charge in [0, 0.05) is 34.8 Å². The van der Waals surface area contributed by atoms with Gasteiger partial charge < -0.3 is 116 Å². The zero-order valence-corrected chi connectivity index (χ0v) is 56.9. The van der Waals surface area contributed by atoms with Gasteiger partial charge in [0.05, 0.1) is 51.2 Å². The highest BCUT2D eigenvalue weighted by atomic mass is 16.5. The number of carbonyl (C=O) groups excluding carboxylic acids is 15. The van der Waals surface area contributed by atoms with E-state index in [1.807, 2.05) is 5.32 Å². The van der Waals surface area contributed by atoms with Gasteiger partial charge in [0.2, 0.25) is 76.8 Å². The fraction of sp³-hybridized carbons (Fsp3) is 0.476. The molecule has 3 aromatic rings. The minimum absolute atomic E-state index is 0.000843. The standard InChI is InChI=1S/C63H85N17O24/c1-27(17-47(85)86)51-62(102)78-42(19-43(81)33-12-6-8-13-34(33)65)63(103)104-30(4)52(80-60(100)41(23-50(91)92)77-59(99)38(20-44(66)82)75-57(97)37(67-5)18-31-24-68-35-14-9-7-11-32(31)35)61(101)70-26-46(84)73-36(15-10-16-64)56(96)76-40(22-49(89)90)58(98)72-29(3)53(93)74-39(21-48(87)88)55(95)69-25-45(83)71-28(2)54(94)79-51/h6-9,11-14,24,27-30,36-42,51-52,67-68H,10,15-23,25-26,64-65H2,1-5H3,(H2,66,82)(H,69,95)(H,70,101)(H,71,83)(H,72,98)(H,73,84)(H,74,93)(H,75,97)(H,76,96)(H,77,99)(H,78,102)(H,79,94)(H,80,100)(H,85,86)(H,87,88)(H,89,90)(H,91,92). The third kappa shape index (κ3) is 26.7. The van der Waals surface area contributed by atoms with Gasteiger partial charge in [-0.15, -0.1) is 0 Å². The number of aliphatic carboxylic acids is 4. The van der Waals surface area contributed by atoms with Crippen LogP contribution >= 0.6 is 0 Å². The number of hydrogen-bond donors (Lipinski definition) is 21. The Hall–Kier alpha value is -12.2. The number of aromatic nitrogens is 1. The molecule has 0 spiro atoms. The zero-order chi connectivity index (χ0) is 77.8. The number of ketones is 1. The van der Waals surface area contributed by atoms with Crippen LogP contribution in [-0.2, 0) is 97.5 Å². The fourth-order valence-electron chi connectivity index (χ4n) is 10.3. The summed E-state index contributed by atoms with van der Waals surface area (Å²) in [5.74, 6) is -27.8. The predicted molar refractivity (Wildman–Crippen MR) is 357 cm³/mol. The van der Waals surface area contributed by atoms with E-state index in [9.17, 15) is 112 Å². The predicted octanol–water partition coefficient (Wildman–Crippen LogP) is -7.63. The second-order valence-electron chi connectivity index (χ2n) is 24.1. The van der Waals surface area contributed by atoms with Crippen molar-refractivity contribution in [2.24, 2.45) is 17.4 Å². The summed E-state index contributed by atoms with van der Waals surface area (Å²) >= 11 is 0. The van der Waals surface area contributed by atoms with Crippen molar-refractivity contribution in [3.8, 4) is 0 Å². The number of H-pyrrole nitrogens is 1. The van der Waals surface area contributed by atoms with Crippen molar-refractivity contribution in [3.63, 3.8) is 0 Å². The van der Waals surface area contributed by atoms with E-state index in [1.165, 1.54) is 31.3 Å². The number of nitrogens with two attached hydrogens (primary N) is 3. The highest BCUT2D eigenvalue weighted by Gasteiger charge is 2.41. The number of carboxylic acid groups (broad SMARTS) is 4. The molecule has 13 atom stereocenters. The first-order chi connectivity index (χ1) is 48.9. The first-order valence-electron chi connectivity index (χ1n) is 32.2. The van der Waals surface area contributed by atoms with Gasteiger partial charge in [-0.3, -0.25) is 86.3 Å². The first kappa shape index (κ1) is 84.2.